The molecular formula is C26H32N2O6. The number of ether oxygens (including phenoxy) is 2. The van der Waals surface area contributed by atoms with Crippen molar-refractivity contribution < 1.29 is 28.7 Å². The molecule has 0 bridgehead atoms. The third-order valence-corrected chi connectivity index (χ3v) is 4.78. The van der Waals surface area contributed by atoms with Crippen LogP contribution in [0.5, 0.6) is 0 Å². The lowest BCUT2D eigenvalue weighted by Crippen LogP contribution is -2.54. The Morgan fingerprint density at radius 3 is 2.21 bits per heavy atom. The van der Waals surface area contributed by atoms with E-state index in [1.807, 2.05) is 42.5 Å². The summed E-state index contributed by atoms with van der Waals surface area (Å²) in [5.41, 5.74) is 1.81. The van der Waals surface area contributed by atoms with E-state index in [1.165, 1.54) is 0 Å². The topological polar surface area (TPSA) is 94.2 Å². The Balaban J connectivity index is 1.89. The van der Waals surface area contributed by atoms with Gasteiger partial charge in [0.25, 0.3) is 5.91 Å². The van der Waals surface area contributed by atoms with Crippen LogP contribution >= 0.6 is 0 Å². The van der Waals surface area contributed by atoms with Crippen LogP contribution in [0.1, 0.15) is 58.2 Å². The van der Waals surface area contributed by atoms with Crippen LogP contribution in [0.4, 0.5) is 15.3 Å². The Morgan fingerprint density at radius 1 is 0.941 bits per heavy atom. The van der Waals surface area contributed by atoms with Gasteiger partial charge in [0.05, 0.1) is 5.69 Å². The highest BCUT2D eigenvalue weighted by molar-refractivity contribution is 6.01. The first-order valence-electron chi connectivity index (χ1n) is 11.2. The van der Waals surface area contributed by atoms with Crippen molar-refractivity contribution in [2.75, 3.05) is 5.06 Å². The largest absolute Gasteiger partial charge is 0.534 e. The number of hydroxylamine groups is 1. The summed E-state index contributed by atoms with van der Waals surface area (Å²) in [6, 6.07) is 14.6. The van der Waals surface area contributed by atoms with Gasteiger partial charge in [-0.25, -0.2) is 9.59 Å². The van der Waals surface area contributed by atoms with Crippen LogP contribution < -0.4 is 10.4 Å². The summed E-state index contributed by atoms with van der Waals surface area (Å²) < 4.78 is 10.5. The molecule has 0 saturated carbocycles. The third-order valence-electron chi connectivity index (χ3n) is 4.78. The molecule has 8 nitrogen and oxygen atoms in total. The fourth-order valence-electron chi connectivity index (χ4n) is 3.51. The van der Waals surface area contributed by atoms with Crippen LogP contribution in [0.15, 0.2) is 48.5 Å². The van der Waals surface area contributed by atoms with E-state index in [9.17, 15) is 14.4 Å². The van der Waals surface area contributed by atoms with Crippen LogP contribution in [0.2, 0.25) is 0 Å². The summed E-state index contributed by atoms with van der Waals surface area (Å²) in [7, 11) is 0. The second kappa shape index (κ2) is 9.75. The molecule has 0 spiro atoms. The van der Waals surface area contributed by atoms with Crippen LogP contribution in [0, 0.1) is 0 Å². The lowest BCUT2D eigenvalue weighted by Gasteiger charge is -2.33. The molecule has 0 aromatic heterocycles. The molecule has 0 saturated heterocycles. The number of nitrogens with zero attached hydrogens (tertiary/aromatic N) is 1. The molecule has 1 aliphatic heterocycles. The maximum Gasteiger partial charge on any atom is 0.534 e. The van der Waals surface area contributed by atoms with Gasteiger partial charge in [0.1, 0.15) is 17.2 Å². The molecule has 3 rings (SSSR count). The van der Waals surface area contributed by atoms with Gasteiger partial charge in [-0.15, -0.1) is 5.06 Å². The Kier molecular flexibility index (Phi) is 7.19. The number of carbonyl (C=O) groups excluding carboxylic acids is 3. The average molecular weight is 469 g/mol. The maximum atomic E-state index is 13.2. The second-order valence-electron chi connectivity index (χ2n) is 10.2. The Morgan fingerprint density at radius 2 is 1.59 bits per heavy atom. The van der Waals surface area contributed by atoms with Gasteiger partial charge in [-0.05, 0) is 70.7 Å². The SMILES string of the molecule is CC(C)(C)OC(=O)N[C@H]1Cc2cc(Cc3ccccc3)ccc2N(OC(=O)OC(C)(C)C)C1=O. The van der Waals surface area contributed by atoms with Crippen LogP contribution in [0.3, 0.4) is 0 Å². The minimum absolute atomic E-state index is 0.226. The quantitative estimate of drug-likeness (QED) is 0.640. The molecule has 1 atom stereocenters. The third kappa shape index (κ3) is 6.97. The summed E-state index contributed by atoms with van der Waals surface area (Å²) >= 11 is 0. The van der Waals surface area contributed by atoms with E-state index >= 15 is 0 Å². The number of rotatable bonds is 4. The van der Waals surface area contributed by atoms with E-state index in [1.54, 1.807) is 47.6 Å². The zero-order valence-electron chi connectivity index (χ0n) is 20.5. The summed E-state index contributed by atoms with van der Waals surface area (Å²) in [5, 5.41) is 3.49. The van der Waals surface area contributed by atoms with E-state index in [-0.39, 0.29) is 6.42 Å². The van der Waals surface area contributed by atoms with Crippen LogP contribution in [-0.4, -0.2) is 35.4 Å². The Labute approximate surface area is 200 Å². The molecule has 0 aliphatic carbocycles. The van der Waals surface area contributed by atoms with Crippen LogP contribution in [-0.2, 0) is 31.9 Å². The van der Waals surface area contributed by atoms with Crippen molar-refractivity contribution in [3.8, 4) is 0 Å². The number of carbonyl (C=O) groups is 3. The first-order valence-corrected chi connectivity index (χ1v) is 11.2. The molecule has 8 heteroatoms. The lowest BCUT2D eigenvalue weighted by atomic mass is 9.94. The molecular weight excluding hydrogens is 436 g/mol. The van der Waals surface area contributed by atoms with Gasteiger partial charge in [-0.3, -0.25) is 9.63 Å². The number of nitrogens with one attached hydrogen (secondary N) is 1. The smallest absolute Gasteiger partial charge is 0.444 e. The molecule has 0 radical (unpaired) electrons. The summed E-state index contributed by atoms with van der Waals surface area (Å²) in [6.07, 6.45) is -0.825. The number of fused-ring (bicyclic) bond motifs is 1. The molecule has 2 aromatic carbocycles. The van der Waals surface area contributed by atoms with Gasteiger partial charge in [-0.2, -0.15) is 0 Å². The average Bonchev–Trinajstić information content (AvgIpc) is 2.69. The predicted octanol–water partition coefficient (Wildman–Crippen LogP) is 4.93. The molecule has 34 heavy (non-hydrogen) atoms. The molecule has 1 aliphatic rings. The van der Waals surface area contributed by atoms with Gasteiger partial charge in [-0.1, -0.05) is 42.5 Å². The molecule has 1 N–H and O–H groups in total. The highest BCUT2D eigenvalue weighted by atomic mass is 16.8. The molecule has 2 amide bonds. The zero-order valence-corrected chi connectivity index (χ0v) is 20.5. The number of amides is 2. The first-order chi connectivity index (χ1) is 15.8. The summed E-state index contributed by atoms with van der Waals surface area (Å²) in [5.74, 6) is -0.597. The highest BCUT2D eigenvalue weighted by Gasteiger charge is 2.38. The Bertz CT molecular complexity index is 1050. The first kappa shape index (κ1) is 25.1. The minimum atomic E-state index is -1.02. The van der Waals surface area contributed by atoms with E-state index in [0.717, 1.165) is 21.8 Å². The van der Waals surface area contributed by atoms with Crippen molar-refractivity contribution >= 4 is 23.8 Å². The standard InChI is InChI=1S/C26H32N2O6/c1-25(2,3)32-23(30)27-20-16-19-15-18(14-17-10-8-7-9-11-17)12-13-21(19)28(22(20)29)34-24(31)33-26(4,5)6/h7-13,15,20H,14,16H2,1-6H3,(H,27,30)/t20-/m0/s1. The van der Waals surface area contributed by atoms with E-state index < -0.39 is 35.4 Å². The summed E-state index contributed by atoms with van der Waals surface area (Å²) in [6.45, 7) is 10.3. The number of hydrogen-bond acceptors (Lipinski definition) is 6. The van der Waals surface area contributed by atoms with Crippen LogP contribution in [0.25, 0.3) is 0 Å². The normalized spacial score (nSPS) is 15.9. The predicted molar refractivity (Wildman–Crippen MR) is 127 cm³/mol. The monoisotopic (exact) mass is 468 g/mol. The van der Waals surface area contributed by atoms with Crippen molar-refractivity contribution in [3.05, 3.63) is 65.2 Å². The van der Waals surface area contributed by atoms with Gasteiger partial charge >= 0.3 is 12.2 Å². The van der Waals surface area contributed by atoms with Gasteiger partial charge in [0.15, 0.2) is 0 Å². The van der Waals surface area contributed by atoms with E-state index in [4.69, 9.17) is 14.3 Å². The van der Waals surface area contributed by atoms with E-state index in [2.05, 4.69) is 5.32 Å². The van der Waals surface area contributed by atoms with Gasteiger partial charge in [0, 0.05) is 6.42 Å². The Hall–Kier alpha value is -3.55. The number of hydrogen-bond donors (Lipinski definition) is 1. The van der Waals surface area contributed by atoms with Crippen molar-refractivity contribution in [1.29, 1.82) is 0 Å². The lowest BCUT2D eigenvalue weighted by molar-refractivity contribution is -0.128. The fraction of sp³-hybridized carbons (Fsp3) is 0.423. The number of anilines is 1. The molecule has 2 aromatic rings. The molecule has 182 valence electrons. The number of alkyl carbamates (subject to hydrolysis) is 1. The molecule has 0 unspecified atom stereocenters. The van der Waals surface area contributed by atoms with Crippen molar-refractivity contribution in [2.24, 2.45) is 0 Å². The molecule has 1 heterocycles. The number of benzene rings is 2. The molecule has 0 fully saturated rings. The maximum absolute atomic E-state index is 13.2. The van der Waals surface area contributed by atoms with Crippen molar-refractivity contribution in [1.82, 2.24) is 5.32 Å². The van der Waals surface area contributed by atoms with Gasteiger partial charge < -0.3 is 14.8 Å². The van der Waals surface area contributed by atoms with Crippen molar-refractivity contribution in [2.45, 2.75) is 71.6 Å². The zero-order chi connectivity index (χ0) is 25.1. The highest BCUT2D eigenvalue weighted by Crippen LogP contribution is 2.31. The van der Waals surface area contributed by atoms with E-state index in [0.29, 0.717) is 12.1 Å². The summed E-state index contributed by atoms with van der Waals surface area (Å²) in [4.78, 5) is 43.2. The van der Waals surface area contributed by atoms with Gasteiger partial charge in [0.2, 0.25) is 0 Å². The fourth-order valence-corrected chi connectivity index (χ4v) is 3.51. The second-order valence-corrected chi connectivity index (χ2v) is 10.2. The van der Waals surface area contributed by atoms with Crippen molar-refractivity contribution in [3.63, 3.8) is 0 Å². The minimum Gasteiger partial charge on any atom is -0.444 e.